The largest absolute Gasteiger partial charge is 0.504 e. The zero-order valence-corrected chi connectivity index (χ0v) is 23.8. The Morgan fingerprint density at radius 1 is 1.05 bits per heavy atom. The maximum atomic E-state index is 14.2. The summed E-state index contributed by atoms with van der Waals surface area (Å²) in [5, 5.41) is 20.4. The Morgan fingerprint density at radius 3 is 2.41 bits per heavy atom. The highest BCUT2D eigenvalue weighted by atomic mass is 35.5. The number of ketones is 1. The average molecular weight is 598 g/mol. The van der Waals surface area contributed by atoms with Gasteiger partial charge < -0.3 is 21.1 Å². The van der Waals surface area contributed by atoms with Crippen LogP contribution in [0.2, 0.25) is 5.02 Å². The number of Topliss-reactive ketones (excluding diaryl/α,β-unsaturated/α-hetero) is 1. The van der Waals surface area contributed by atoms with Crippen LogP contribution in [0, 0.1) is 5.82 Å². The molecular formula is C28H32Cl3FN4O3. The van der Waals surface area contributed by atoms with E-state index < -0.39 is 11.6 Å². The molecule has 0 spiro atoms. The summed E-state index contributed by atoms with van der Waals surface area (Å²) in [6.07, 6.45) is 6.91. The van der Waals surface area contributed by atoms with Gasteiger partial charge in [0, 0.05) is 23.7 Å². The van der Waals surface area contributed by atoms with Gasteiger partial charge in [-0.05, 0) is 87.4 Å². The molecule has 1 saturated carbocycles. The number of halogens is 4. The number of carbonyl (C=O) groups is 2. The molecule has 0 bridgehead atoms. The number of nitrogens with one attached hydrogen (secondary N) is 3. The van der Waals surface area contributed by atoms with Crippen LogP contribution in [0.25, 0.3) is 22.0 Å². The van der Waals surface area contributed by atoms with Crippen molar-refractivity contribution in [3.05, 3.63) is 52.9 Å². The number of hydrogen-bond donors (Lipinski definition) is 4. The van der Waals surface area contributed by atoms with Gasteiger partial charge in [0.1, 0.15) is 0 Å². The van der Waals surface area contributed by atoms with Gasteiger partial charge in [-0.2, -0.15) is 0 Å². The number of carbonyl (C=O) groups excluding carboxylic acids is 2. The Labute approximate surface area is 244 Å². The Kier molecular flexibility index (Phi) is 10.4. The third kappa shape index (κ3) is 6.74. The molecule has 1 aliphatic carbocycles. The van der Waals surface area contributed by atoms with Crippen molar-refractivity contribution in [3.63, 3.8) is 0 Å². The molecule has 11 heteroatoms. The first kappa shape index (κ1) is 30.9. The zero-order valence-electron chi connectivity index (χ0n) is 21.4. The molecule has 1 saturated heterocycles. The van der Waals surface area contributed by atoms with Crippen LogP contribution < -0.4 is 16.0 Å². The van der Waals surface area contributed by atoms with Crippen molar-refractivity contribution in [1.29, 1.82) is 0 Å². The van der Waals surface area contributed by atoms with Crippen molar-refractivity contribution in [2.45, 2.75) is 63.6 Å². The topological polar surface area (TPSA) is 103 Å². The Hall–Kier alpha value is -2.65. The van der Waals surface area contributed by atoms with Crippen LogP contribution >= 0.6 is 36.4 Å². The van der Waals surface area contributed by atoms with Crippen LogP contribution in [-0.4, -0.2) is 46.5 Å². The second kappa shape index (κ2) is 13.1. The van der Waals surface area contributed by atoms with Crippen LogP contribution in [0.5, 0.6) is 5.75 Å². The quantitative estimate of drug-likeness (QED) is 0.259. The van der Waals surface area contributed by atoms with Gasteiger partial charge >= 0.3 is 0 Å². The van der Waals surface area contributed by atoms with Gasteiger partial charge in [-0.3, -0.25) is 14.6 Å². The van der Waals surface area contributed by atoms with Gasteiger partial charge in [0.05, 0.1) is 27.8 Å². The molecule has 2 fully saturated rings. The van der Waals surface area contributed by atoms with Crippen LogP contribution in [0.1, 0.15) is 55.8 Å². The number of amides is 1. The highest BCUT2D eigenvalue weighted by molar-refractivity contribution is 6.32. The summed E-state index contributed by atoms with van der Waals surface area (Å²) < 4.78 is 14.2. The van der Waals surface area contributed by atoms with Gasteiger partial charge in [-0.25, -0.2) is 4.39 Å². The highest BCUT2D eigenvalue weighted by Gasteiger charge is 2.28. The fourth-order valence-electron chi connectivity index (χ4n) is 5.32. The molecular weight excluding hydrogens is 566 g/mol. The van der Waals surface area contributed by atoms with E-state index in [1.54, 1.807) is 6.20 Å². The maximum Gasteiger partial charge on any atom is 0.237 e. The van der Waals surface area contributed by atoms with E-state index in [0.717, 1.165) is 50.5 Å². The number of pyridine rings is 1. The molecule has 2 aliphatic rings. The van der Waals surface area contributed by atoms with Crippen LogP contribution in [0.4, 0.5) is 10.1 Å². The molecule has 1 aromatic heterocycles. The number of aromatic hydroxyl groups is 1. The first-order chi connectivity index (χ1) is 17.8. The molecule has 1 unspecified atom stereocenters. The molecule has 0 radical (unpaired) electrons. The van der Waals surface area contributed by atoms with Crippen molar-refractivity contribution in [2.75, 3.05) is 11.9 Å². The fraction of sp³-hybridized carbons (Fsp3) is 0.393. The van der Waals surface area contributed by atoms with Gasteiger partial charge in [-0.15, -0.1) is 24.8 Å². The van der Waals surface area contributed by atoms with E-state index in [1.165, 1.54) is 19.1 Å². The van der Waals surface area contributed by atoms with Crippen molar-refractivity contribution >= 4 is 64.7 Å². The summed E-state index contributed by atoms with van der Waals surface area (Å²) in [6.45, 7) is 2.40. The number of aromatic nitrogens is 1. The van der Waals surface area contributed by atoms with E-state index in [1.807, 2.05) is 18.2 Å². The van der Waals surface area contributed by atoms with Crippen LogP contribution in [-0.2, 0) is 4.79 Å². The molecule has 3 aromatic rings. The second-order valence-electron chi connectivity index (χ2n) is 9.97. The van der Waals surface area contributed by atoms with Crippen LogP contribution in [0.3, 0.4) is 0 Å². The monoisotopic (exact) mass is 596 g/mol. The van der Waals surface area contributed by atoms with E-state index >= 15 is 0 Å². The molecule has 1 amide bonds. The zero-order chi connectivity index (χ0) is 26.1. The summed E-state index contributed by atoms with van der Waals surface area (Å²) in [5.74, 6) is -1.40. The first-order valence-electron chi connectivity index (χ1n) is 12.7. The van der Waals surface area contributed by atoms with E-state index in [2.05, 4.69) is 20.9 Å². The summed E-state index contributed by atoms with van der Waals surface area (Å²) >= 11 is 6.01. The number of benzene rings is 2. The lowest BCUT2D eigenvalue weighted by Gasteiger charge is -2.31. The number of phenolic OH excluding ortho intramolecular Hbond substituents is 1. The Balaban J connectivity index is 0.00000210. The predicted octanol–water partition coefficient (Wildman–Crippen LogP) is 6.04. The minimum absolute atomic E-state index is 0. The first-order valence-corrected chi connectivity index (χ1v) is 13.1. The molecule has 2 aromatic carbocycles. The number of fused-ring (bicyclic) bond motifs is 1. The SMILES string of the molecule is CC(=O)c1cnc2ccc(-c3cc(F)c(O)c(Cl)c3)cc2c1NC1CCC(NC(=O)C2CCCN2)CC1.Cl.Cl. The van der Waals surface area contributed by atoms with Crippen molar-refractivity contribution < 1.29 is 19.1 Å². The summed E-state index contributed by atoms with van der Waals surface area (Å²) in [5.41, 5.74) is 3.08. The minimum Gasteiger partial charge on any atom is -0.504 e. The summed E-state index contributed by atoms with van der Waals surface area (Å²) in [7, 11) is 0. The number of anilines is 1. The van der Waals surface area contributed by atoms with Gasteiger partial charge in [-0.1, -0.05) is 17.7 Å². The van der Waals surface area contributed by atoms with Gasteiger partial charge in [0.15, 0.2) is 17.3 Å². The maximum absolute atomic E-state index is 14.2. The van der Waals surface area contributed by atoms with Crippen molar-refractivity contribution in [2.24, 2.45) is 0 Å². The van der Waals surface area contributed by atoms with E-state index in [9.17, 15) is 19.1 Å². The lowest BCUT2D eigenvalue weighted by atomic mass is 9.90. The average Bonchev–Trinajstić information content (AvgIpc) is 3.43. The van der Waals surface area contributed by atoms with E-state index in [0.29, 0.717) is 27.9 Å². The molecule has 1 atom stereocenters. The van der Waals surface area contributed by atoms with Gasteiger partial charge in [0.25, 0.3) is 0 Å². The molecule has 1 aliphatic heterocycles. The summed E-state index contributed by atoms with van der Waals surface area (Å²) in [4.78, 5) is 29.5. The fourth-order valence-corrected chi connectivity index (χ4v) is 5.53. The Bertz CT molecular complexity index is 1340. The summed E-state index contributed by atoms with van der Waals surface area (Å²) in [6, 6.07) is 8.43. The van der Waals surface area contributed by atoms with E-state index in [4.69, 9.17) is 11.6 Å². The Morgan fingerprint density at radius 2 is 1.77 bits per heavy atom. The molecule has 4 N–H and O–H groups in total. The van der Waals surface area contributed by atoms with Gasteiger partial charge in [0.2, 0.25) is 5.91 Å². The number of phenols is 1. The minimum atomic E-state index is -0.802. The van der Waals surface area contributed by atoms with Crippen molar-refractivity contribution in [3.8, 4) is 16.9 Å². The number of nitrogens with zero attached hydrogens (tertiary/aromatic N) is 1. The molecule has 210 valence electrons. The van der Waals surface area contributed by atoms with Crippen LogP contribution in [0.15, 0.2) is 36.5 Å². The number of hydrogen-bond acceptors (Lipinski definition) is 6. The normalized spacial score (nSPS) is 20.5. The molecule has 5 rings (SSSR count). The lowest BCUT2D eigenvalue weighted by Crippen LogP contribution is -2.47. The highest BCUT2D eigenvalue weighted by Crippen LogP contribution is 2.36. The molecule has 7 nitrogen and oxygen atoms in total. The predicted molar refractivity (Wildman–Crippen MR) is 157 cm³/mol. The third-order valence-electron chi connectivity index (χ3n) is 7.40. The number of rotatable bonds is 6. The van der Waals surface area contributed by atoms with E-state index in [-0.39, 0.29) is 59.7 Å². The third-order valence-corrected chi connectivity index (χ3v) is 7.68. The second-order valence-corrected chi connectivity index (χ2v) is 10.4. The molecule has 2 heterocycles. The smallest absolute Gasteiger partial charge is 0.237 e. The lowest BCUT2D eigenvalue weighted by molar-refractivity contribution is -0.123. The molecule has 39 heavy (non-hydrogen) atoms. The van der Waals surface area contributed by atoms with Crippen molar-refractivity contribution in [1.82, 2.24) is 15.6 Å². The standard InChI is InChI=1S/C28H30ClFN4O3.2ClH/c1-15(35)21-14-32-24-9-4-16(17-12-22(29)27(36)23(30)13-17)11-20(24)26(21)33-18-5-7-19(8-6-18)34-28(37)25-3-2-10-31-25;;/h4,9,11-14,18-19,25,31,36H,2-3,5-8,10H2,1H3,(H,32,33)(H,34,37);2*1H.